The summed E-state index contributed by atoms with van der Waals surface area (Å²) in [5, 5.41) is 3.44. The van der Waals surface area contributed by atoms with Crippen molar-refractivity contribution in [2.24, 2.45) is 0 Å². The lowest BCUT2D eigenvalue weighted by molar-refractivity contribution is -0.156. The van der Waals surface area contributed by atoms with E-state index in [2.05, 4.69) is 12.2 Å². The number of hydrogen-bond donors (Lipinski definition) is 1. The van der Waals surface area contributed by atoms with Gasteiger partial charge in [-0.3, -0.25) is 10.1 Å². The zero-order chi connectivity index (χ0) is 14.4. The zero-order valence-electron chi connectivity index (χ0n) is 12.7. The molecule has 0 aromatic carbocycles. The largest absolute Gasteiger partial charge is 0.468 e. The number of rotatable bonds is 6. The maximum atomic E-state index is 12.3. The summed E-state index contributed by atoms with van der Waals surface area (Å²) in [7, 11) is 1.46. The molecule has 0 aliphatic carbocycles. The minimum atomic E-state index is -0.598. The highest BCUT2D eigenvalue weighted by atomic mass is 16.5. The molecule has 2 fully saturated rings. The number of hydrogen-bond acceptors (Lipinski definition) is 5. The van der Waals surface area contributed by atoms with E-state index in [1.165, 1.54) is 7.11 Å². The molecule has 116 valence electrons. The van der Waals surface area contributed by atoms with Crippen LogP contribution in [-0.4, -0.2) is 50.6 Å². The van der Waals surface area contributed by atoms with E-state index < -0.39 is 5.54 Å². The van der Waals surface area contributed by atoms with E-state index in [4.69, 9.17) is 14.2 Å². The van der Waals surface area contributed by atoms with Crippen molar-refractivity contribution in [1.29, 1.82) is 0 Å². The second-order valence-electron chi connectivity index (χ2n) is 5.83. The standard InChI is InChI=1S/C15H27NO4/c1-3-5-12-10-15(7-9-20-12,14(17)18-2)16-11-13-6-4-8-19-13/h12-13,16H,3-11H2,1-2H3. The van der Waals surface area contributed by atoms with Gasteiger partial charge in [-0.25, -0.2) is 0 Å². The highest BCUT2D eigenvalue weighted by Crippen LogP contribution is 2.29. The topological polar surface area (TPSA) is 56.8 Å². The van der Waals surface area contributed by atoms with Crippen LogP contribution in [-0.2, 0) is 19.0 Å². The van der Waals surface area contributed by atoms with Gasteiger partial charge >= 0.3 is 5.97 Å². The highest BCUT2D eigenvalue weighted by molar-refractivity contribution is 5.81. The summed E-state index contributed by atoms with van der Waals surface area (Å²) in [6.07, 6.45) is 5.97. The summed E-state index contributed by atoms with van der Waals surface area (Å²) in [5.74, 6) is -0.167. The molecule has 0 spiro atoms. The summed E-state index contributed by atoms with van der Waals surface area (Å²) < 4.78 is 16.4. The number of methoxy groups -OCH3 is 1. The quantitative estimate of drug-likeness (QED) is 0.752. The van der Waals surface area contributed by atoms with Gasteiger partial charge in [0, 0.05) is 26.2 Å². The first-order valence-corrected chi connectivity index (χ1v) is 7.77. The van der Waals surface area contributed by atoms with Crippen molar-refractivity contribution in [1.82, 2.24) is 5.32 Å². The minimum Gasteiger partial charge on any atom is -0.468 e. The second-order valence-corrected chi connectivity index (χ2v) is 5.83. The molecular weight excluding hydrogens is 258 g/mol. The SMILES string of the molecule is CCCC1CC(NCC2CCCO2)(C(=O)OC)CCO1. The van der Waals surface area contributed by atoms with Crippen LogP contribution in [0.1, 0.15) is 45.4 Å². The Hall–Kier alpha value is -0.650. The monoisotopic (exact) mass is 285 g/mol. The Balaban J connectivity index is 1.98. The Morgan fingerprint density at radius 1 is 1.35 bits per heavy atom. The van der Waals surface area contributed by atoms with E-state index >= 15 is 0 Å². The zero-order valence-corrected chi connectivity index (χ0v) is 12.7. The molecule has 5 nitrogen and oxygen atoms in total. The van der Waals surface area contributed by atoms with Crippen LogP contribution in [0.5, 0.6) is 0 Å². The lowest BCUT2D eigenvalue weighted by Crippen LogP contribution is -2.59. The van der Waals surface area contributed by atoms with Crippen molar-refractivity contribution < 1.29 is 19.0 Å². The van der Waals surface area contributed by atoms with Crippen LogP contribution in [0.25, 0.3) is 0 Å². The molecule has 2 saturated heterocycles. The molecule has 2 rings (SSSR count). The molecule has 2 aliphatic rings. The van der Waals surface area contributed by atoms with Gasteiger partial charge in [-0.2, -0.15) is 0 Å². The summed E-state index contributed by atoms with van der Waals surface area (Å²) in [6.45, 7) is 4.29. The van der Waals surface area contributed by atoms with Crippen molar-refractivity contribution in [3.63, 3.8) is 0 Å². The smallest absolute Gasteiger partial charge is 0.326 e. The Bertz CT molecular complexity index is 315. The van der Waals surface area contributed by atoms with Crippen LogP contribution < -0.4 is 5.32 Å². The number of nitrogens with one attached hydrogen (secondary N) is 1. The Morgan fingerprint density at radius 2 is 2.15 bits per heavy atom. The van der Waals surface area contributed by atoms with E-state index in [1.54, 1.807) is 0 Å². The molecule has 20 heavy (non-hydrogen) atoms. The van der Waals surface area contributed by atoms with Crippen molar-refractivity contribution in [3.05, 3.63) is 0 Å². The van der Waals surface area contributed by atoms with Crippen LogP contribution in [0.15, 0.2) is 0 Å². The molecule has 0 amide bonds. The third-order valence-corrected chi connectivity index (χ3v) is 4.34. The van der Waals surface area contributed by atoms with E-state index in [1.807, 2.05) is 0 Å². The van der Waals surface area contributed by atoms with E-state index in [0.717, 1.165) is 32.3 Å². The van der Waals surface area contributed by atoms with Crippen molar-refractivity contribution in [2.45, 2.75) is 63.2 Å². The Kier molecular flexibility index (Phi) is 5.81. The first-order valence-electron chi connectivity index (χ1n) is 7.77. The van der Waals surface area contributed by atoms with Gasteiger partial charge in [-0.1, -0.05) is 13.3 Å². The summed E-state index contributed by atoms with van der Waals surface area (Å²) in [4.78, 5) is 12.3. The van der Waals surface area contributed by atoms with Crippen molar-refractivity contribution >= 4 is 5.97 Å². The minimum absolute atomic E-state index is 0.143. The number of esters is 1. The van der Waals surface area contributed by atoms with Gasteiger partial charge in [0.25, 0.3) is 0 Å². The number of ether oxygens (including phenoxy) is 3. The van der Waals surface area contributed by atoms with E-state index in [0.29, 0.717) is 26.0 Å². The molecule has 3 unspecified atom stereocenters. The fraction of sp³-hybridized carbons (Fsp3) is 0.933. The maximum Gasteiger partial charge on any atom is 0.326 e. The molecule has 0 bridgehead atoms. The summed E-state index contributed by atoms with van der Waals surface area (Å²) >= 11 is 0. The molecule has 0 aromatic heterocycles. The van der Waals surface area contributed by atoms with Gasteiger partial charge in [0.2, 0.25) is 0 Å². The average molecular weight is 285 g/mol. The second kappa shape index (κ2) is 7.38. The van der Waals surface area contributed by atoms with Gasteiger partial charge in [-0.05, 0) is 25.7 Å². The molecule has 2 heterocycles. The molecule has 3 atom stereocenters. The van der Waals surface area contributed by atoms with Crippen LogP contribution in [0.3, 0.4) is 0 Å². The summed E-state index contributed by atoms with van der Waals surface area (Å²) in [5.41, 5.74) is -0.598. The molecule has 0 radical (unpaired) electrons. The molecule has 0 aromatic rings. The van der Waals surface area contributed by atoms with Crippen LogP contribution in [0.2, 0.25) is 0 Å². The van der Waals surface area contributed by atoms with E-state index in [-0.39, 0.29) is 18.2 Å². The van der Waals surface area contributed by atoms with Crippen LogP contribution in [0, 0.1) is 0 Å². The normalized spacial score (nSPS) is 34.1. The van der Waals surface area contributed by atoms with Gasteiger partial charge in [-0.15, -0.1) is 0 Å². The molecule has 2 aliphatic heterocycles. The molecule has 5 heteroatoms. The van der Waals surface area contributed by atoms with E-state index in [9.17, 15) is 4.79 Å². The first-order chi connectivity index (χ1) is 9.70. The lowest BCUT2D eigenvalue weighted by atomic mass is 9.85. The van der Waals surface area contributed by atoms with Gasteiger partial charge < -0.3 is 14.2 Å². The molecule has 1 N–H and O–H groups in total. The Labute approximate surface area is 121 Å². The average Bonchev–Trinajstić information content (AvgIpc) is 2.98. The van der Waals surface area contributed by atoms with Gasteiger partial charge in [0.15, 0.2) is 0 Å². The number of carbonyl (C=O) groups is 1. The fourth-order valence-electron chi connectivity index (χ4n) is 3.18. The third-order valence-electron chi connectivity index (χ3n) is 4.34. The predicted molar refractivity (Wildman–Crippen MR) is 75.6 cm³/mol. The van der Waals surface area contributed by atoms with Crippen LogP contribution in [0.4, 0.5) is 0 Å². The van der Waals surface area contributed by atoms with Crippen molar-refractivity contribution in [2.75, 3.05) is 26.9 Å². The van der Waals surface area contributed by atoms with Crippen molar-refractivity contribution in [3.8, 4) is 0 Å². The summed E-state index contributed by atoms with van der Waals surface area (Å²) in [6, 6.07) is 0. The lowest BCUT2D eigenvalue weighted by Gasteiger charge is -2.39. The molecule has 0 saturated carbocycles. The fourth-order valence-corrected chi connectivity index (χ4v) is 3.18. The van der Waals surface area contributed by atoms with Gasteiger partial charge in [0.05, 0.1) is 19.3 Å². The van der Waals surface area contributed by atoms with Crippen LogP contribution >= 0.6 is 0 Å². The van der Waals surface area contributed by atoms with Gasteiger partial charge in [0.1, 0.15) is 5.54 Å². The first kappa shape index (κ1) is 15.7. The third kappa shape index (κ3) is 3.71. The highest BCUT2D eigenvalue weighted by Gasteiger charge is 2.44. The molecular formula is C15H27NO4. The predicted octanol–water partition coefficient (Wildman–Crippen LogP) is 1.65. The Morgan fingerprint density at radius 3 is 2.80 bits per heavy atom. The maximum absolute atomic E-state index is 12.3. The number of carbonyl (C=O) groups excluding carboxylic acids is 1.